The molecule has 1 aliphatic heterocycles. The van der Waals surface area contributed by atoms with Gasteiger partial charge in [-0.05, 0) is 25.6 Å². The summed E-state index contributed by atoms with van der Waals surface area (Å²) in [5.74, 6) is 0. The fourth-order valence-corrected chi connectivity index (χ4v) is 1.72. The largest absolute Gasteiger partial charge is 0.371 e. The molecule has 2 heterocycles. The van der Waals surface area contributed by atoms with Crippen LogP contribution in [0.1, 0.15) is 12.1 Å². The molecule has 0 aromatic carbocycles. The first-order valence-electron chi connectivity index (χ1n) is 5.04. The Balaban J connectivity index is 1.78. The summed E-state index contributed by atoms with van der Waals surface area (Å²) < 4.78 is 5.76. The smallest absolute Gasteiger partial charge is 0.0892 e. The lowest BCUT2D eigenvalue weighted by Gasteiger charge is -2.11. The van der Waals surface area contributed by atoms with Gasteiger partial charge in [0.25, 0.3) is 0 Å². The van der Waals surface area contributed by atoms with Crippen molar-refractivity contribution < 1.29 is 4.74 Å². The van der Waals surface area contributed by atoms with Crippen LogP contribution in [-0.4, -0.2) is 36.1 Å². The highest BCUT2D eigenvalue weighted by molar-refractivity contribution is 5.02. The maximum atomic E-state index is 5.76. The zero-order chi connectivity index (χ0) is 9.80. The van der Waals surface area contributed by atoms with Crippen LogP contribution in [-0.2, 0) is 11.3 Å². The monoisotopic (exact) mass is 192 g/mol. The van der Waals surface area contributed by atoms with Crippen LogP contribution >= 0.6 is 0 Å². The molecule has 0 radical (unpaired) electrons. The first-order chi connectivity index (χ1) is 6.84. The van der Waals surface area contributed by atoms with E-state index in [9.17, 15) is 0 Å². The standard InChI is InChI=1S/C11H16N2O/c1-13-7-5-11(8-13)14-9-10-4-2-3-6-12-10/h2-4,6,11H,5,7-9H2,1H3. The van der Waals surface area contributed by atoms with E-state index >= 15 is 0 Å². The number of ether oxygens (including phenoxy) is 1. The SMILES string of the molecule is CN1CCC(OCc2ccccn2)C1. The Bertz CT molecular complexity index is 276. The Kier molecular flexibility index (Phi) is 3.11. The van der Waals surface area contributed by atoms with E-state index in [0.29, 0.717) is 12.7 Å². The molecule has 2 rings (SSSR count). The number of nitrogens with zero attached hydrogens (tertiary/aromatic N) is 2. The first kappa shape index (κ1) is 9.62. The molecule has 0 spiro atoms. The molecule has 3 heteroatoms. The number of pyridine rings is 1. The molecule has 1 aromatic rings. The van der Waals surface area contributed by atoms with E-state index in [1.807, 2.05) is 18.2 Å². The van der Waals surface area contributed by atoms with Crippen LogP contribution in [0.2, 0.25) is 0 Å². The third-order valence-corrected chi connectivity index (χ3v) is 2.54. The van der Waals surface area contributed by atoms with Gasteiger partial charge in [-0.1, -0.05) is 6.07 Å². The number of likely N-dealkylation sites (tertiary alicyclic amines) is 1. The van der Waals surface area contributed by atoms with Crippen LogP contribution in [0.4, 0.5) is 0 Å². The van der Waals surface area contributed by atoms with Crippen molar-refractivity contribution >= 4 is 0 Å². The molecule has 1 saturated heterocycles. The van der Waals surface area contributed by atoms with Crippen molar-refractivity contribution in [2.45, 2.75) is 19.1 Å². The highest BCUT2D eigenvalue weighted by Crippen LogP contribution is 2.11. The predicted octanol–water partition coefficient (Wildman–Crippen LogP) is 1.30. The molecule has 0 N–H and O–H groups in total. The van der Waals surface area contributed by atoms with Gasteiger partial charge in [0.1, 0.15) is 0 Å². The highest BCUT2D eigenvalue weighted by atomic mass is 16.5. The minimum atomic E-state index is 0.391. The van der Waals surface area contributed by atoms with Gasteiger partial charge in [0.05, 0.1) is 18.4 Å². The second-order valence-corrected chi connectivity index (χ2v) is 3.81. The molecule has 0 amide bonds. The Morgan fingerprint density at radius 2 is 2.50 bits per heavy atom. The van der Waals surface area contributed by atoms with E-state index in [0.717, 1.165) is 25.2 Å². The lowest BCUT2D eigenvalue weighted by molar-refractivity contribution is 0.0464. The van der Waals surface area contributed by atoms with E-state index in [-0.39, 0.29) is 0 Å². The van der Waals surface area contributed by atoms with Crippen molar-refractivity contribution in [3.63, 3.8) is 0 Å². The molecule has 76 valence electrons. The van der Waals surface area contributed by atoms with E-state index < -0.39 is 0 Å². The number of likely N-dealkylation sites (N-methyl/N-ethyl adjacent to an activating group) is 1. The van der Waals surface area contributed by atoms with E-state index in [1.54, 1.807) is 6.20 Å². The molecular formula is C11H16N2O. The van der Waals surface area contributed by atoms with Gasteiger partial charge in [-0.25, -0.2) is 0 Å². The molecule has 0 aliphatic carbocycles. The first-order valence-corrected chi connectivity index (χ1v) is 5.04. The minimum Gasteiger partial charge on any atom is -0.371 e. The van der Waals surface area contributed by atoms with E-state index in [1.165, 1.54) is 0 Å². The minimum absolute atomic E-state index is 0.391. The summed E-state index contributed by atoms with van der Waals surface area (Å²) in [6.07, 6.45) is 3.34. The Morgan fingerprint density at radius 3 is 3.14 bits per heavy atom. The second-order valence-electron chi connectivity index (χ2n) is 3.81. The van der Waals surface area contributed by atoms with Crippen molar-refractivity contribution in [2.75, 3.05) is 20.1 Å². The van der Waals surface area contributed by atoms with Gasteiger partial charge in [-0.15, -0.1) is 0 Å². The molecule has 1 unspecified atom stereocenters. The summed E-state index contributed by atoms with van der Waals surface area (Å²) in [6, 6.07) is 5.91. The Morgan fingerprint density at radius 1 is 1.57 bits per heavy atom. The maximum Gasteiger partial charge on any atom is 0.0892 e. The zero-order valence-electron chi connectivity index (χ0n) is 8.52. The topological polar surface area (TPSA) is 25.4 Å². The molecule has 1 aliphatic rings. The molecule has 0 saturated carbocycles. The van der Waals surface area contributed by atoms with Gasteiger partial charge < -0.3 is 9.64 Å². The van der Waals surface area contributed by atoms with Crippen molar-refractivity contribution in [3.8, 4) is 0 Å². The molecule has 0 bridgehead atoms. The number of hydrogen-bond donors (Lipinski definition) is 0. The number of rotatable bonds is 3. The molecule has 3 nitrogen and oxygen atoms in total. The van der Waals surface area contributed by atoms with Crippen LogP contribution in [0.5, 0.6) is 0 Å². The van der Waals surface area contributed by atoms with Gasteiger partial charge >= 0.3 is 0 Å². The lowest BCUT2D eigenvalue weighted by Crippen LogP contribution is -2.19. The van der Waals surface area contributed by atoms with Gasteiger partial charge in [-0.3, -0.25) is 4.98 Å². The summed E-state index contributed by atoms with van der Waals surface area (Å²) in [5, 5.41) is 0. The maximum absolute atomic E-state index is 5.76. The van der Waals surface area contributed by atoms with Gasteiger partial charge in [0, 0.05) is 19.3 Å². The number of aromatic nitrogens is 1. The number of hydrogen-bond acceptors (Lipinski definition) is 3. The summed E-state index contributed by atoms with van der Waals surface area (Å²) >= 11 is 0. The molecule has 1 atom stereocenters. The quantitative estimate of drug-likeness (QED) is 0.722. The van der Waals surface area contributed by atoms with Crippen LogP contribution < -0.4 is 0 Å². The van der Waals surface area contributed by atoms with Crippen molar-refractivity contribution in [1.82, 2.24) is 9.88 Å². The summed E-state index contributed by atoms with van der Waals surface area (Å²) in [7, 11) is 2.13. The van der Waals surface area contributed by atoms with Crippen molar-refractivity contribution in [1.29, 1.82) is 0 Å². The average Bonchev–Trinajstić information content (AvgIpc) is 2.63. The molecule has 14 heavy (non-hydrogen) atoms. The Labute approximate surface area is 84.7 Å². The van der Waals surface area contributed by atoms with Crippen LogP contribution in [0.25, 0.3) is 0 Å². The van der Waals surface area contributed by atoms with Crippen LogP contribution in [0.3, 0.4) is 0 Å². The van der Waals surface area contributed by atoms with Crippen molar-refractivity contribution in [2.24, 2.45) is 0 Å². The molecule has 1 aromatic heterocycles. The average molecular weight is 192 g/mol. The second kappa shape index (κ2) is 4.53. The predicted molar refractivity (Wildman–Crippen MR) is 54.9 cm³/mol. The third kappa shape index (κ3) is 2.53. The Hall–Kier alpha value is -0.930. The fourth-order valence-electron chi connectivity index (χ4n) is 1.72. The molecular weight excluding hydrogens is 176 g/mol. The molecule has 1 fully saturated rings. The van der Waals surface area contributed by atoms with Crippen LogP contribution in [0, 0.1) is 0 Å². The normalized spacial score (nSPS) is 22.8. The highest BCUT2D eigenvalue weighted by Gasteiger charge is 2.19. The fraction of sp³-hybridized carbons (Fsp3) is 0.545. The third-order valence-electron chi connectivity index (χ3n) is 2.54. The van der Waals surface area contributed by atoms with Gasteiger partial charge in [0.15, 0.2) is 0 Å². The zero-order valence-corrected chi connectivity index (χ0v) is 8.52. The van der Waals surface area contributed by atoms with Crippen molar-refractivity contribution in [3.05, 3.63) is 30.1 Å². The van der Waals surface area contributed by atoms with Gasteiger partial charge in [0.2, 0.25) is 0 Å². The van der Waals surface area contributed by atoms with Crippen LogP contribution in [0.15, 0.2) is 24.4 Å². The van der Waals surface area contributed by atoms with Gasteiger partial charge in [-0.2, -0.15) is 0 Å². The summed E-state index contributed by atoms with van der Waals surface area (Å²) in [5.41, 5.74) is 1.02. The summed E-state index contributed by atoms with van der Waals surface area (Å²) in [6.45, 7) is 2.83. The lowest BCUT2D eigenvalue weighted by atomic mass is 10.3. The summed E-state index contributed by atoms with van der Waals surface area (Å²) in [4.78, 5) is 6.51. The van der Waals surface area contributed by atoms with E-state index in [2.05, 4.69) is 16.9 Å². The van der Waals surface area contributed by atoms with E-state index in [4.69, 9.17) is 4.74 Å².